The second kappa shape index (κ2) is 7.16. The first kappa shape index (κ1) is 17.3. The smallest absolute Gasteiger partial charge is 0.213 e. The number of aliphatic carboxylic acids is 1. The maximum atomic E-state index is 11.4. The van der Waals surface area contributed by atoms with Gasteiger partial charge in [-0.15, -0.1) is 5.10 Å². The second-order valence-electron chi connectivity index (χ2n) is 5.26. The Labute approximate surface area is 152 Å². The summed E-state index contributed by atoms with van der Waals surface area (Å²) in [6.45, 7) is 3.67. The van der Waals surface area contributed by atoms with E-state index >= 15 is 0 Å². The Kier molecular flexibility index (Phi) is 4.96. The van der Waals surface area contributed by atoms with Crippen molar-refractivity contribution in [3.63, 3.8) is 0 Å². The number of nitrogens with zero attached hydrogens (tertiary/aromatic N) is 2. The molecule has 0 spiro atoms. The van der Waals surface area contributed by atoms with Gasteiger partial charge >= 0.3 is 0 Å². The number of hydrogen-bond donors (Lipinski definition) is 1. The summed E-state index contributed by atoms with van der Waals surface area (Å²) < 4.78 is 5.74. The molecule has 3 aromatic rings. The number of carboxylic acid groups (broad SMARTS) is 1. The Morgan fingerprint density at radius 2 is 2.12 bits per heavy atom. The van der Waals surface area contributed by atoms with Gasteiger partial charge in [-0.1, -0.05) is 17.7 Å². The number of aromatic nitrogens is 3. The van der Waals surface area contributed by atoms with E-state index in [0.29, 0.717) is 27.5 Å². The molecule has 0 fully saturated rings. The quantitative estimate of drug-likeness (QED) is 0.544. The minimum Gasteiger partial charge on any atom is -0.544 e. The molecule has 2 aromatic heterocycles. The van der Waals surface area contributed by atoms with Crippen LogP contribution in [-0.4, -0.2) is 21.2 Å². The monoisotopic (exact) mass is 374 g/mol. The molecular weight excluding hydrogens is 362 g/mol. The average Bonchev–Trinajstić information content (AvgIpc) is 3.18. The number of furan rings is 1. The lowest BCUT2D eigenvalue weighted by Crippen LogP contribution is -2.23. The largest absolute Gasteiger partial charge is 0.544 e. The van der Waals surface area contributed by atoms with Crippen LogP contribution in [0.25, 0.3) is 17.4 Å². The highest BCUT2D eigenvalue weighted by molar-refractivity contribution is 8.04. The van der Waals surface area contributed by atoms with Crippen LogP contribution in [0.5, 0.6) is 0 Å². The molecule has 3 rings (SSSR count). The highest BCUT2D eigenvalue weighted by Crippen LogP contribution is 2.30. The lowest BCUT2D eigenvalue weighted by molar-refractivity contribution is -0.298. The van der Waals surface area contributed by atoms with Gasteiger partial charge in [-0.05, 0) is 61.5 Å². The van der Waals surface area contributed by atoms with Gasteiger partial charge in [0.25, 0.3) is 0 Å². The van der Waals surface area contributed by atoms with E-state index in [1.165, 1.54) is 6.08 Å². The Balaban J connectivity index is 1.90. The van der Waals surface area contributed by atoms with Gasteiger partial charge in [-0.2, -0.15) is 0 Å². The summed E-state index contributed by atoms with van der Waals surface area (Å²) in [4.78, 5) is 15.4. The molecule has 0 atom stereocenters. The summed E-state index contributed by atoms with van der Waals surface area (Å²) in [6, 6.07) is 8.94. The summed E-state index contributed by atoms with van der Waals surface area (Å²) in [5.74, 6) is 0.247. The fourth-order valence-electron chi connectivity index (χ4n) is 2.16. The standard InChI is InChI=1S/C17H14ClN3O3S/c1-9-3-4-11(18)7-13(9)14-6-5-12(24-14)8-15(16(22)23)25-17-19-10(2)20-21-17/h3-8H,1-2H3,(H,22,23)(H,19,20,21)/p-1/b15-8+. The summed E-state index contributed by atoms with van der Waals surface area (Å²) >= 11 is 6.92. The van der Waals surface area contributed by atoms with E-state index in [1.54, 1.807) is 31.2 Å². The minimum absolute atomic E-state index is 0.0530. The number of nitrogens with one attached hydrogen (secondary N) is 1. The number of halogens is 1. The SMILES string of the molecule is Cc1nc(S/C(=C/c2ccc(-c3cc(Cl)ccc3C)o2)C(=O)[O-])n[nH]1. The van der Waals surface area contributed by atoms with Crippen LogP contribution in [0.2, 0.25) is 5.02 Å². The van der Waals surface area contributed by atoms with Crippen LogP contribution in [0, 0.1) is 13.8 Å². The topological polar surface area (TPSA) is 94.8 Å². The number of rotatable bonds is 5. The number of carboxylic acids is 1. The van der Waals surface area contributed by atoms with Crippen molar-refractivity contribution in [2.75, 3.05) is 0 Å². The molecule has 1 aromatic carbocycles. The molecule has 0 aliphatic rings. The number of aryl methyl sites for hydroxylation is 2. The first-order chi connectivity index (χ1) is 11.9. The number of carbonyl (C=O) groups is 1. The van der Waals surface area contributed by atoms with Crippen LogP contribution in [-0.2, 0) is 4.79 Å². The summed E-state index contributed by atoms with van der Waals surface area (Å²) in [5.41, 5.74) is 1.85. The van der Waals surface area contributed by atoms with Crippen LogP contribution < -0.4 is 5.11 Å². The van der Waals surface area contributed by atoms with Gasteiger partial charge in [0.05, 0.1) is 5.97 Å². The van der Waals surface area contributed by atoms with E-state index in [9.17, 15) is 9.90 Å². The van der Waals surface area contributed by atoms with Gasteiger partial charge in [0.15, 0.2) is 0 Å². The molecule has 6 nitrogen and oxygen atoms in total. The molecule has 2 heterocycles. The number of H-pyrrole nitrogens is 1. The maximum Gasteiger partial charge on any atom is 0.213 e. The molecule has 0 bridgehead atoms. The van der Waals surface area contributed by atoms with Crippen molar-refractivity contribution in [2.45, 2.75) is 19.0 Å². The van der Waals surface area contributed by atoms with Gasteiger partial charge in [0, 0.05) is 15.5 Å². The third kappa shape index (κ3) is 4.12. The first-order valence-electron chi connectivity index (χ1n) is 7.28. The Morgan fingerprint density at radius 1 is 1.32 bits per heavy atom. The van der Waals surface area contributed by atoms with Crippen molar-refractivity contribution in [3.8, 4) is 11.3 Å². The van der Waals surface area contributed by atoms with E-state index in [2.05, 4.69) is 15.2 Å². The van der Waals surface area contributed by atoms with E-state index < -0.39 is 5.97 Å². The molecule has 8 heteroatoms. The number of carbonyl (C=O) groups excluding carboxylic acids is 1. The highest BCUT2D eigenvalue weighted by Gasteiger charge is 2.11. The predicted molar refractivity (Wildman–Crippen MR) is 93.9 cm³/mol. The zero-order chi connectivity index (χ0) is 18.0. The zero-order valence-electron chi connectivity index (χ0n) is 13.4. The molecule has 25 heavy (non-hydrogen) atoms. The fraction of sp³-hybridized carbons (Fsp3) is 0.118. The normalized spacial score (nSPS) is 11.7. The van der Waals surface area contributed by atoms with Gasteiger partial charge in [0.1, 0.15) is 17.3 Å². The van der Waals surface area contributed by atoms with Crippen LogP contribution in [0.4, 0.5) is 0 Å². The van der Waals surface area contributed by atoms with E-state index in [0.717, 1.165) is 22.9 Å². The lowest BCUT2D eigenvalue weighted by Gasteiger charge is -2.05. The Bertz CT molecular complexity index is 962. The maximum absolute atomic E-state index is 11.4. The first-order valence-corrected chi connectivity index (χ1v) is 8.48. The third-order valence-corrected chi connectivity index (χ3v) is 4.45. The molecular formula is C17H13ClN3O3S-. The van der Waals surface area contributed by atoms with Crippen molar-refractivity contribution in [1.82, 2.24) is 15.2 Å². The molecule has 0 unspecified atom stereocenters. The number of aromatic amines is 1. The van der Waals surface area contributed by atoms with Crippen molar-refractivity contribution in [1.29, 1.82) is 0 Å². The highest BCUT2D eigenvalue weighted by atomic mass is 35.5. The van der Waals surface area contributed by atoms with Gasteiger partial charge in [-0.25, -0.2) is 4.98 Å². The van der Waals surface area contributed by atoms with Crippen molar-refractivity contribution in [2.24, 2.45) is 0 Å². The Morgan fingerprint density at radius 3 is 2.80 bits per heavy atom. The molecule has 0 radical (unpaired) electrons. The minimum atomic E-state index is -1.33. The van der Waals surface area contributed by atoms with E-state index in [1.807, 2.05) is 13.0 Å². The van der Waals surface area contributed by atoms with Crippen molar-refractivity contribution >= 4 is 35.4 Å². The third-order valence-electron chi connectivity index (χ3n) is 3.34. The Hall–Kier alpha value is -2.51. The van der Waals surface area contributed by atoms with Gasteiger partial charge in [0.2, 0.25) is 5.16 Å². The van der Waals surface area contributed by atoms with E-state index in [4.69, 9.17) is 16.0 Å². The van der Waals surface area contributed by atoms with Crippen LogP contribution >= 0.6 is 23.4 Å². The molecule has 0 aliphatic carbocycles. The second-order valence-corrected chi connectivity index (χ2v) is 6.71. The molecule has 1 N–H and O–H groups in total. The number of benzene rings is 1. The zero-order valence-corrected chi connectivity index (χ0v) is 14.9. The van der Waals surface area contributed by atoms with E-state index in [-0.39, 0.29) is 4.91 Å². The number of thioether (sulfide) groups is 1. The molecule has 128 valence electrons. The summed E-state index contributed by atoms with van der Waals surface area (Å²) in [7, 11) is 0. The van der Waals surface area contributed by atoms with Crippen LogP contribution in [0.1, 0.15) is 17.1 Å². The molecule has 0 aliphatic heterocycles. The summed E-state index contributed by atoms with van der Waals surface area (Å²) in [5, 5.41) is 18.8. The average molecular weight is 375 g/mol. The molecule has 0 amide bonds. The predicted octanol–water partition coefficient (Wildman–Crippen LogP) is 3.22. The van der Waals surface area contributed by atoms with Crippen LogP contribution in [0.15, 0.2) is 44.8 Å². The van der Waals surface area contributed by atoms with Gasteiger partial charge in [-0.3, -0.25) is 5.10 Å². The molecule has 0 saturated carbocycles. The summed E-state index contributed by atoms with van der Waals surface area (Å²) in [6.07, 6.45) is 1.38. The lowest BCUT2D eigenvalue weighted by atomic mass is 10.1. The van der Waals surface area contributed by atoms with Gasteiger partial charge < -0.3 is 14.3 Å². The van der Waals surface area contributed by atoms with Crippen molar-refractivity contribution < 1.29 is 14.3 Å². The van der Waals surface area contributed by atoms with Crippen LogP contribution in [0.3, 0.4) is 0 Å². The fourth-order valence-corrected chi connectivity index (χ4v) is 3.06. The molecule has 0 saturated heterocycles. The number of hydrogen-bond acceptors (Lipinski definition) is 6. The van der Waals surface area contributed by atoms with Crippen molar-refractivity contribution in [3.05, 3.63) is 57.4 Å².